The maximum Gasteiger partial charge on any atom is 0.188 e. The van der Waals surface area contributed by atoms with Crippen LogP contribution in [0.3, 0.4) is 0 Å². The molecule has 0 heterocycles. The maximum atomic E-state index is 9.83. The fourth-order valence-corrected chi connectivity index (χ4v) is 2.10. The number of fused-ring (bicyclic) bond motifs is 1. The zero-order valence-corrected chi connectivity index (χ0v) is 10.3. The normalized spacial score (nSPS) is 10.6. The zero-order chi connectivity index (χ0) is 11.5. The van der Waals surface area contributed by atoms with Crippen LogP contribution in [0, 0.1) is 0 Å². The van der Waals surface area contributed by atoms with Crippen molar-refractivity contribution < 1.29 is 14.6 Å². The van der Waals surface area contributed by atoms with E-state index in [2.05, 4.69) is 15.9 Å². The number of hydrogen-bond acceptors (Lipinski definition) is 3. The second-order valence-electron chi connectivity index (χ2n) is 3.30. The van der Waals surface area contributed by atoms with E-state index in [0.29, 0.717) is 5.75 Å². The molecule has 0 amide bonds. The van der Waals surface area contributed by atoms with Crippen molar-refractivity contribution in [2.75, 3.05) is 13.9 Å². The third-order valence-corrected chi connectivity index (χ3v) is 3.07. The van der Waals surface area contributed by atoms with Crippen LogP contribution < -0.4 is 4.74 Å². The van der Waals surface area contributed by atoms with Crippen molar-refractivity contribution in [2.24, 2.45) is 0 Å². The number of ether oxygens (including phenoxy) is 2. The van der Waals surface area contributed by atoms with Gasteiger partial charge in [0, 0.05) is 23.9 Å². The highest BCUT2D eigenvalue weighted by Crippen LogP contribution is 2.38. The molecule has 0 radical (unpaired) electrons. The second-order valence-corrected chi connectivity index (χ2v) is 4.10. The lowest BCUT2D eigenvalue weighted by Gasteiger charge is -2.10. The minimum absolute atomic E-state index is 0.149. The molecule has 0 fully saturated rings. The number of methoxy groups -OCH3 is 1. The summed E-state index contributed by atoms with van der Waals surface area (Å²) < 4.78 is 11.0. The van der Waals surface area contributed by atoms with Gasteiger partial charge in [-0.3, -0.25) is 0 Å². The summed E-state index contributed by atoms with van der Waals surface area (Å²) in [5, 5.41) is 11.5. The lowest BCUT2D eigenvalue weighted by Crippen LogP contribution is -1.99. The van der Waals surface area contributed by atoms with Crippen LogP contribution in [-0.2, 0) is 4.74 Å². The van der Waals surface area contributed by atoms with Crippen molar-refractivity contribution in [1.29, 1.82) is 0 Å². The Morgan fingerprint density at radius 2 is 1.94 bits per heavy atom. The number of rotatable bonds is 3. The van der Waals surface area contributed by atoms with Crippen molar-refractivity contribution >= 4 is 26.7 Å². The highest BCUT2D eigenvalue weighted by Gasteiger charge is 2.10. The fraction of sp³-hybridized carbons (Fsp3) is 0.167. The van der Waals surface area contributed by atoms with E-state index in [9.17, 15) is 5.11 Å². The van der Waals surface area contributed by atoms with E-state index in [1.165, 1.54) is 0 Å². The molecule has 3 nitrogen and oxygen atoms in total. The van der Waals surface area contributed by atoms with Gasteiger partial charge in [0.1, 0.15) is 11.5 Å². The molecule has 0 aliphatic rings. The molecule has 0 saturated carbocycles. The average molecular weight is 283 g/mol. The van der Waals surface area contributed by atoms with Crippen molar-refractivity contribution in [1.82, 2.24) is 0 Å². The van der Waals surface area contributed by atoms with Crippen molar-refractivity contribution in [3.63, 3.8) is 0 Å². The molecule has 0 bridgehead atoms. The summed E-state index contributed by atoms with van der Waals surface area (Å²) >= 11 is 3.45. The smallest absolute Gasteiger partial charge is 0.188 e. The standard InChI is InChI=1S/C12H11BrO3/c1-15-7-16-11-6-10(14)8-4-2-3-5-9(8)12(11)13/h2-6,14H,7H2,1H3. The number of benzene rings is 2. The highest BCUT2D eigenvalue weighted by molar-refractivity contribution is 9.10. The van der Waals surface area contributed by atoms with Gasteiger partial charge in [0.05, 0.1) is 4.47 Å². The molecule has 84 valence electrons. The molecule has 0 aromatic heterocycles. The van der Waals surface area contributed by atoms with Crippen molar-refractivity contribution in [3.05, 3.63) is 34.8 Å². The number of halogens is 1. The average Bonchev–Trinajstić information content (AvgIpc) is 2.32. The Morgan fingerprint density at radius 3 is 2.62 bits per heavy atom. The molecule has 0 atom stereocenters. The maximum absolute atomic E-state index is 9.83. The summed E-state index contributed by atoms with van der Waals surface area (Å²) in [6, 6.07) is 9.14. The van der Waals surface area contributed by atoms with Gasteiger partial charge in [-0.1, -0.05) is 24.3 Å². The lowest BCUT2D eigenvalue weighted by atomic mass is 10.1. The predicted molar refractivity (Wildman–Crippen MR) is 65.8 cm³/mol. The van der Waals surface area contributed by atoms with Gasteiger partial charge in [-0.25, -0.2) is 0 Å². The van der Waals surface area contributed by atoms with Crippen LogP contribution in [0.15, 0.2) is 34.8 Å². The Morgan fingerprint density at radius 1 is 1.25 bits per heavy atom. The zero-order valence-electron chi connectivity index (χ0n) is 8.74. The molecule has 2 aromatic rings. The van der Waals surface area contributed by atoms with Gasteiger partial charge < -0.3 is 14.6 Å². The summed E-state index contributed by atoms with van der Waals surface area (Å²) in [5.41, 5.74) is 0. The van der Waals surface area contributed by atoms with E-state index in [-0.39, 0.29) is 12.5 Å². The second kappa shape index (κ2) is 4.72. The van der Waals surface area contributed by atoms with Gasteiger partial charge >= 0.3 is 0 Å². The Balaban J connectivity index is 2.56. The van der Waals surface area contributed by atoms with Crippen LogP contribution in [0.4, 0.5) is 0 Å². The summed E-state index contributed by atoms with van der Waals surface area (Å²) in [6.45, 7) is 0.149. The molecule has 16 heavy (non-hydrogen) atoms. The van der Waals surface area contributed by atoms with Crippen LogP contribution in [0.25, 0.3) is 10.8 Å². The quantitative estimate of drug-likeness (QED) is 0.878. The van der Waals surface area contributed by atoms with E-state index in [0.717, 1.165) is 15.2 Å². The van der Waals surface area contributed by atoms with E-state index in [1.54, 1.807) is 13.2 Å². The van der Waals surface area contributed by atoms with Crippen molar-refractivity contribution in [3.8, 4) is 11.5 Å². The lowest BCUT2D eigenvalue weighted by molar-refractivity contribution is 0.0506. The Kier molecular flexibility index (Phi) is 3.31. The topological polar surface area (TPSA) is 38.7 Å². The highest BCUT2D eigenvalue weighted by atomic mass is 79.9. The van der Waals surface area contributed by atoms with Crippen LogP contribution in [0.1, 0.15) is 0 Å². The van der Waals surface area contributed by atoms with Gasteiger partial charge in [0.15, 0.2) is 6.79 Å². The van der Waals surface area contributed by atoms with E-state index >= 15 is 0 Å². The molecule has 4 heteroatoms. The van der Waals surface area contributed by atoms with Crippen LogP contribution >= 0.6 is 15.9 Å². The van der Waals surface area contributed by atoms with E-state index in [1.807, 2.05) is 24.3 Å². The summed E-state index contributed by atoms with van der Waals surface area (Å²) in [5.74, 6) is 0.767. The third kappa shape index (κ3) is 1.99. The molecular weight excluding hydrogens is 272 g/mol. The summed E-state index contributed by atoms with van der Waals surface area (Å²) in [6.07, 6.45) is 0. The summed E-state index contributed by atoms with van der Waals surface area (Å²) in [7, 11) is 1.55. The number of phenols is 1. The monoisotopic (exact) mass is 282 g/mol. The number of aromatic hydroxyl groups is 1. The van der Waals surface area contributed by atoms with E-state index in [4.69, 9.17) is 9.47 Å². The molecule has 0 aliphatic heterocycles. The van der Waals surface area contributed by atoms with Crippen LogP contribution in [0.5, 0.6) is 11.5 Å². The molecule has 2 rings (SSSR count). The third-order valence-electron chi connectivity index (χ3n) is 2.26. The van der Waals surface area contributed by atoms with Crippen LogP contribution in [0.2, 0.25) is 0 Å². The van der Waals surface area contributed by atoms with Gasteiger partial charge in [0.2, 0.25) is 0 Å². The molecule has 2 aromatic carbocycles. The Hall–Kier alpha value is -1.26. The minimum Gasteiger partial charge on any atom is -0.507 e. The first kappa shape index (κ1) is 11.2. The summed E-state index contributed by atoms with van der Waals surface area (Å²) in [4.78, 5) is 0. The first-order valence-corrected chi connectivity index (χ1v) is 5.55. The molecule has 0 unspecified atom stereocenters. The number of phenolic OH excluding ortho intramolecular Hbond substituents is 1. The molecule has 0 aliphatic carbocycles. The molecule has 0 saturated heterocycles. The fourth-order valence-electron chi connectivity index (χ4n) is 1.52. The first-order chi connectivity index (χ1) is 7.74. The van der Waals surface area contributed by atoms with Gasteiger partial charge in [0.25, 0.3) is 0 Å². The largest absolute Gasteiger partial charge is 0.507 e. The first-order valence-electron chi connectivity index (χ1n) is 4.76. The van der Waals surface area contributed by atoms with Gasteiger partial charge in [-0.05, 0) is 15.9 Å². The Labute approximate surface area is 102 Å². The van der Waals surface area contributed by atoms with Crippen LogP contribution in [-0.4, -0.2) is 19.0 Å². The predicted octanol–water partition coefficient (Wildman–Crippen LogP) is 3.29. The Bertz CT molecular complexity index is 511. The van der Waals surface area contributed by atoms with E-state index < -0.39 is 0 Å². The molecule has 1 N–H and O–H groups in total. The van der Waals surface area contributed by atoms with Gasteiger partial charge in [-0.2, -0.15) is 0 Å². The molecule has 0 spiro atoms. The number of hydrogen-bond donors (Lipinski definition) is 1. The minimum atomic E-state index is 0.149. The van der Waals surface area contributed by atoms with Crippen molar-refractivity contribution in [2.45, 2.75) is 0 Å². The van der Waals surface area contributed by atoms with Gasteiger partial charge in [-0.15, -0.1) is 0 Å². The molecular formula is C12H11BrO3. The SMILES string of the molecule is COCOc1cc(O)c2ccccc2c1Br.